The molecule has 1 aliphatic rings. The molecule has 1 aliphatic heterocycles. The number of amides is 1. The minimum absolute atomic E-state index is 0.0858. The van der Waals surface area contributed by atoms with Gasteiger partial charge in [0.15, 0.2) is 0 Å². The highest BCUT2D eigenvalue weighted by Crippen LogP contribution is 2.36. The molecule has 0 saturated carbocycles. The molecule has 0 radical (unpaired) electrons. The molecule has 3 heteroatoms. The summed E-state index contributed by atoms with van der Waals surface area (Å²) in [6.07, 6.45) is 2.11. The second-order valence-electron chi connectivity index (χ2n) is 7.73. The van der Waals surface area contributed by atoms with Crippen LogP contribution in [-0.2, 0) is 11.3 Å². The van der Waals surface area contributed by atoms with Crippen LogP contribution in [0.1, 0.15) is 34.3 Å². The molecule has 1 unspecified atom stereocenters. The highest BCUT2D eigenvalue weighted by atomic mass is 16.2. The lowest BCUT2D eigenvalue weighted by Crippen LogP contribution is -2.44. The van der Waals surface area contributed by atoms with Crippen molar-refractivity contribution in [3.63, 3.8) is 0 Å². The molecular weight excluding hydrogens is 368 g/mol. The first kappa shape index (κ1) is 18.4. The van der Waals surface area contributed by atoms with E-state index in [-0.39, 0.29) is 17.9 Å². The standard InChI is InChI=1S/C27H24N2O/c30-27(25(21-11-4-1-5-12-21)22-13-6-2-7-14-22)29-20-19-28-18-10-17-24(28)26(29)23-15-8-3-9-16-23/h1-18,25-26H,19-20H2. The average molecular weight is 393 g/mol. The van der Waals surface area contributed by atoms with Crippen molar-refractivity contribution in [3.05, 3.63) is 132 Å². The molecule has 1 amide bonds. The minimum Gasteiger partial charge on any atom is -0.348 e. The Hall–Kier alpha value is -3.59. The first-order valence-electron chi connectivity index (χ1n) is 10.4. The number of fused-ring (bicyclic) bond motifs is 1. The van der Waals surface area contributed by atoms with Crippen LogP contribution in [0.15, 0.2) is 109 Å². The summed E-state index contributed by atoms with van der Waals surface area (Å²) in [6, 6.07) is 34.7. The first-order valence-corrected chi connectivity index (χ1v) is 10.4. The van der Waals surface area contributed by atoms with E-state index in [1.165, 1.54) is 5.69 Å². The molecule has 3 aromatic carbocycles. The number of hydrogen-bond donors (Lipinski definition) is 0. The lowest BCUT2D eigenvalue weighted by molar-refractivity contribution is -0.134. The Morgan fingerprint density at radius 3 is 1.87 bits per heavy atom. The van der Waals surface area contributed by atoms with Gasteiger partial charge in [-0.15, -0.1) is 0 Å². The Morgan fingerprint density at radius 2 is 1.27 bits per heavy atom. The quantitative estimate of drug-likeness (QED) is 0.466. The van der Waals surface area contributed by atoms with E-state index in [1.807, 2.05) is 54.6 Å². The third-order valence-corrected chi connectivity index (χ3v) is 5.95. The van der Waals surface area contributed by atoms with Crippen molar-refractivity contribution in [1.82, 2.24) is 9.47 Å². The first-order chi connectivity index (χ1) is 14.8. The van der Waals surface area contributed by atoms with Crippen LogP contribution in [0.4, 0.5) is 0 Å². The molecule has 1 aromatic heterocycles. The molecule has 0 saturated heterocycles. The maximum atomic E-state index is 14.1. The fraction of sp³-hybridized carbons (Fsp3) is 0.148. The molecule has 0 fully saturated rings. The monoisotopic (exact) mass is 392 g/mol. The fourth-order valence-electron chi connectivity index (χ4n) is 4.54. The highest BCUT2D eigenvalue weighted by molar-refractivity contribution is 5.88. The summed E-state index contributed by atoms with van der Waals surface area (Å²) in [5.41, 5.74) is 4.37. The third-order valence-electron chi connectivity index (χ3n) is 5.95. The van der Waals surface area contributed by atoms with E-state index in [9.17, 15) is 4.79 Å². The average Bonchev–Trinajstić information content (AvgIpc) is 3.29. The topological polar surface area (TPSA) is 25.2 Å². The van der Waals surface area contributed by atoms with E-state index < -0.39 is 0 Å². The van der Waals surface area contributed by atoms with Crippen molar-refractivity contribution in [2.45, 2.75) is 18.5 Å². The van der Waals surface area contributed by atoms with Crippen LogP contribution < -0.4 is 0 Å². The molecule has 4 aromatic rings. The predicted octanol–water partition coefficient (Wildman–Crippen LogP) is 5.25. The van der Waals surface area contributed by atoms with Crippen molar-refractivity contribution < 1.29 is 4.79 Å². The Bertz CT molecular complexity index is 1080. The van der Waals surface area contributed by atoms with Gasteiger partial charge in [-0.1, -0.05) is 91.0 Å². The van der Waals surface area contributed by atoms with Crippen LogP contribution in [0.25, 0.3) is 0 Å². The molecule has 30 heavy (non-hydrogen) atoms. The summed E-state index contributed by atoms with van der Waals surface area (Å²) in [6.45, 7) is 1.50. The molecule has 0 aliphatic carbocycles. The summed E-state index contributed by atoms with van der Waals surface area (Å²) in [5.74, 6) is -0.172. The zero-order valence-corrected chi connectivity index (χ0v) is 16.8. The van der Waals surface area contributed by atoms with Gasteiger partial charge in [0.2, 0.25) is 5.91 Å². The molecule has 0 spiro atoms. The fourth-order valence-corrected chi connectivity index (χ4v) is 4.54. The summed E-state index contributed by atoms with van der Waals surface area (Å²) in [7, 11) is 0. The minimum atomic E-state index is -0.319. The van der Waals surface area contributed by atoms with Crippen molar-refractivity contribution in [2.24, 2.45) is 0 Å². The second-order valence-corrected chi connectivity index (χ2v) is 7.73. The Morgan fingerprint density at radius 1 is 0.700 bits per heavy atom. The van der Waals surface area contributed by atoms with Gasteiger partial charge in [-0.2, -0.15) is 0 Å². The number of aromatic nitrogens is 1. The van der Waals surface area contributed by atoms with Crippen molar-refractivity contribution in [1.29, 1.82) is 0 Å². The molecule has 148 valence electrons. The van der Waals surface area contributed by atoms with Crippen molar-refractivity contribution in [3.8, 4) is 0 Å². The van der Waals surface area contributed by atoms with Crippen LogP contribution in [0, 0.1) is 0 Å². The molecule has 3 nitrogen and oxygen atoms in total. The number of rotatable bonds is 4. The van der Waals surface area contributed by atoms with Crippen molar-refractivity contribution in [2.75, 3.05) is 6.54 Å². The molecule has 5 rings (SSSR count). The van der Waals surface area contributed by atoms with E-state index in [2.05, 4.69) is 64.2 Å². The Labute approximate surface area is 177 Å². The predicted molar refractivity (Wildman–Crippen MR) is 119 cm³/mol. The summed E-state index contributed by atoms with van der Waals surface area (Å²) < 4.78 is 2.27. The van der Waals surface area contributed by atoms with E-state index >= 15 is 0 Å². The number of hydrogen-bond acceptors (Lipinski definition) is 1. The van der Waals surface area contributed by atoms with Gasteiger partial charge in [0.05, 0.1) is 12.0 Å². The zero-order valence-electron chi connectivity index (χ0n) is 16.8. The number of benzene rings is 3. The maximum Gasteiger partial charge on any atom is 0.235 e. The molecule has 1 atom stereocenters. The van der Waals surface area contributed by atoms with Gasteiger partial charge in [-0.05, 0) is 28.8 Å². The third kappa shape index (κ3) is 3.33. The van der Waals surface area contributed by atoms with E-state index in [0.29, 0.717) is 6.54 Å². The maximum absolute atomic E-state index is 14.1. The van der Waals surface area contributed by atoms with Crippen LogP contribution in [0.3, 0.4) is 0 Å². The summed E-state index contributed by atoms with van der Waals surface area (Å²) >= 11 is 0. The van der Waals surface area contributed by atoms with E-state index in [0.717, 1.165) is 23.2 Å². The SMILES string of the molecule is O=C(C(c1ccccc1)c1ccccc1)N1CCn2cccc2C1c1ccccc1. The zero-order chi connectivity index (χ0) is 20.3. The van der Waals surface area contributed by atoms with Gasteiger partial charge in [-0.25, -0.2) is 0 Å². The molecule has 0 bridgehead atoms. The smallest absolute Gasteiger partial charge is 0.235 e. The second kappa shape index (κ2) is 8.03. The lowest BCUT2D eigenvalue weighted by atomic mass is 9.88. The molecule has 2 heterocycles. The van der Waals surface area contributed by atoms with Gasteiger partial charge < -0.3 is 9.47 Å². The van der Waals surface area contributed by atoms with E-state index in [1.54, 1.807) is 0 Å². The van der Waals surface area contributed by atoms with Crippen LogP contribution in [0.2, 0.25) is 0 Å². The van der Waals surface area contributed by atoms with Crippen molar-refractivity contribution >= 4 is 5.91 Å². The summed E-state index contributed by atoms with van der Waals surface area (Å²) in [4.78, 5) is 16.2. The number of nitrogens with zero attached hydrogens (tertiary/aromatic N) is 2. The Balaban J connectivity index is 1.60. The van der Waals surface area contributed by atoms with Gasteiger partial charge >= 0.3 is 0 Å². The van der Waals surface area contributed by atoms with E-state index in [4.69, 9.17) is 0 Å². The lowest BCUT2D eigenvalue weighted by Gasteiger charge is -2.39. The van der Waals surface area contributed by atoms with Gasteiger partial charge in [0.1, 0.15) is 0 Å². The number of carbonyl (C=O) groups excluding carboxylic acids is 1. The van der Waals surface area contributed by atoms with Gasteiger partial charge in [-0.3, -0.25) is 4.79 Å². The largest absolute Gasteiger partial charge is 0.348 e. The van der Waals surface area contributed by atoms with Crippen LogP contribution >= 0.6 is 0 Å². The Kier molecular flexibility index (Phi) is 4.94. The summed E-state index contributed by atoms with van der Waals surface area (Å²) in [5, 5.41) is 0. The highest BCUT2D eigenvalue weighted by Gasteiger charge is 2.36. The van der Waals surface area contributed by atoms with Gasteiger partial charge in [0, 0.05) is 25.0 Å². The molecule has 0 N–H and O–H groups in total. The molecular formula is C27H24N2O. The van der Waals surface area contributed by atoms with Crippen LogP contribution in [0.5, 0.6) is 0 Å². The normalized spacial score (nSPS) is 15.8. The van der Waals surface area contributed by atoms with Crippen LogP contribution in [-0.4, -0.2) is 21.9 Å². The number of carbonyl (C=O) groups is 1. The van der Waals surface area contributed by atoms with Gasteiger partial charge in [0.25, 0.3) is 0 Å².